The fraction of sp³-hybridized carbons (Fsp3) is 0.522. The molecule has 0 aliphatic carbocycles. The Balaban J connectivity index is -0.0000000489. The van der Waals surface area contributed by atoms with Crippen molar-refractivity contribution >= 4 is 89.5 Å². The number of aliphatic carboxylic acids is 15. The van der Waals surface area contributed by atoms with E-state index in [0.29, 0.717) is 39.5 Å². The van der Waals surface area contributed by atoms with Crippen LogP contribution >= 0.6 is 0 Å². The van der Waals surface area contributed by atoms with Gasteiger partial charge in [0.05, 0.1) is 0 Å². The number of nitrogens with two attached hydrogens (primary N) is 3. The predicted molar refractivity (Wildman–Crippen MR) is 372 cm³/mol. The van der Waals surface area contributed by atoms with Crippen molar-refractivity contribution in [1.82, 2.24) is 31.9 Å². The molecule has 0 spiro atoms. The molecule has 0 aliphatic heterocycles. The standard InChI is InChI=1S/3C13H23N3O.15C2H4O2.5Gd/c3*1-2-17-13(12-6-4-3-5-7-12)16-11-10-15-9-8-14;15*1-2(3)4;;;;;/h3*3-7,13,15-16H,2,8-11,14H2,1H3;15*1H3,(H,3,4);;;;;/q;;;;;;;;;;;;;;;;;;5*+3/p-15. The van der Waals surface area contributed by atoms with Gasteiger partial charge >= 0.3 is 200 Å². The van der Waals surface area contributed by atoms with Crippen molar-refractivity contribution in [3.8, 4) is 0 Å². The Bertz CT molecular complexity index is 2150. The largest absolute Gasteiger partial charge is 3.00 e. The number of carbonyl (C=O) groups excluding carboxylic acids is 15. The number of ether oxygens (including phenoxy) is 3. The molecule has 0 aliphatic rings. The number of rotatable bonds is 27. The molecule has 673 valence electrons. The first kappa shape index (κ1) is 163. The topological polar surface area (TPSA) is 780 Å². The molecular weight excluding hydrogens is 2270 g/mol. The van der Waals surface area contributed by atoms with Gasteiger partial charge in [-0.1, -0.05) is 91.0 Å². The quantitative estimate of drug-likeness (QED) is 0.0253. The second kappa shape index (κ2) is 140. The summed E-state index contributed by atoms with van der Waals surface area (Å²) in [7, 11) is 0. The number of carboxylic acids is 15. The first-order chi connectivity index (χ1) is 51.1. The van der Waals surface area contributed by atoms with Gasteiger partial charge < -0.3 is 196 Å². The molecule has 0 saturated carbocycles. The van der Waals surface area contributed by atoms with Crippen LogP contribution in [-0.4, -0.2) is 188 Å². The molecule has 116 heavy (non-hydrogen) atoms. The Morgan fingerprint density at radius 3 is 0.448 bits per heavy atom. The third kappa shape index (κ3) is 340. The summed E-state index contributed by atoms with van der Waals surface area (Å²) in [4.78, 5) is 133. The van der Waals surface area contributed by atoms with Gasteiger partial charge in [-0.25, -0.2) is 0 Å². The maximum Gasteiger partial charge on any atom is 3.00 e. The van der Waals surface area contributed by atoms with E-state index >= 15 is 0 Å². The molecule has 0 bridgehead atoms. The van der Waals surface area contributed by atoms with E-state index in [0.717, 1.165) is 179 Å². The molecule has 47 heteroatoms. The molecule has 0 amide bonds. The normalized spacial score (nSPS) is 8.77. The van der Waals surface area contributed by atoms with Gasteiger partial charge in [-0.2, -0.15) is 0 Å². The number of carbonyl (C=O) groups is 15. The number of hydrogen-bond donors (Lipinski definition) is 9. The van der Waals surface area contributed by atoms with Gasteiger partial charge in [-0.15, -0.1) is 0 Å². The third-order valence-electron chi connectivity index (χ3n) is 7.16. The Kier molecular flexibility index (Phi) is 196. The number of nitrogens with one attached hydrogen (secondary N) is 6. The average Bonchev–Trinajstić information content (AvgIpc) is 0.920. The van der Waals surface area contributed by atoms with Crippen LogP contribution in [0.5, 0.6) is 0 Å². The van der Waals surface area contributed by atoms with Crippen LogP contribution in [0.2, 0.25) is 0 Å². The van der Waals surface area contributed by atoms with Gasteiger partial charge in [0.15, 0.2) is 0 Å². The Morgan fingerprint density at radius 2 is 0.353 bits per heavy atom. The molecule has 3 aromatic rings. The Morgan fingerprint density at radius 1 is 0.241 bits per heavy atom. The summed E-state index contributed by atoms with van der Waals surface area (Å²) in [6.45, 7) is 32.5. The third-order valence-corrected chi connectivity index (χ3v) is 7.16. The van der Waals surface area contributed by atoms with Crippen molar-refractivity contribution in [3.05, 3.63) is 108 Å². The van der Waals surface area contributed by atoms with Crippen LogP contribution in [0.3, 0.4) is 0 Å². The van der Waals surface area contributed by atoms with Crippen molar-refractivity contribution < 1.29 is 362 Å². The van der Waals surface area contributed by atoms with Crippen molar-refractivity contribution in [2.45, 2.75) is 143 Å². The van der Waals surface area contributed by atoms with E-state index in [9.17, 15) is 0 Å². The van der Waals surface area contributed by atoms with E-state index < -0.39 is 89.5 Å². The van der Waals surface area contributed by atoms with E-state index in [1.165, 1.54) is 0 Å². The maximum absolute atomic E-state index is 8.89. The molecule has 42 nitrogen and oxygen atoms in total. The van der Waals surface area contributed by atoms with Crippen LogP contribution < -0.4 is 126 Å². The van der Waals surface area contributed by atoms with Crippen molar-refractivity contribution in [1.29, 1.82) is 0 Å². The van der Waals surface area contributed by atoms with E-state index in [2.05, 4.69) is 68.3 Å². The summed E-state index contributed by atoms with van der Waals surface area (Å²) in [6.07, 6.45) is -0.0809. The predicted octanol–water partition coefficient (Wildman–Crippen LogP) is -16.1. The minimum atomic E-state index is -1.08. The van der Waals surface area contributed by atoms with Gasteiger partial charge in [0.25, 0.3) is 0 Å². The Labute approximate surface area is 839 Å². The van der Waals surface area contributed by atoms with Gasteiger partial charge in [0.2, 0.25) is 0 Å². The molecule has 0 aromatic heterocycles. The second-order valence-electron chi connectivity index (χ2n) is 18.6. The van der Waals surface area contributed by atoms with E-state index in [1.54, 1.807) is 0 Å². The molecule has 3 atom stereocenters. The Hall–Kier alpha value is -4.15. The molecule has 3 unspecified atom stereocenters. The number of benzene rings is 3. The smallest absolute Gasteiger partial charge is 0.550 e. The fourth-order valence-electron chi connectivity index (χ4n) is 4.76. The zero-order valence-electron chi connectivity index (χ0n) is 68.0. The summed E-state index contributed by atoms with van der Waals surface area (Å²) in [6, 6.07) is 30.6. The number of carboxylic acid groups (broad SMARTS) is 15. The van der Waals surface area contributed by atoms with Crippen LogP contribution in [0.25, 0.3) is 0 Å². The first-order valence-corrected chi connectivity index (χ1v) is 32.2. The van der Waals surface area contributed by atoms with E-state index in [1.807, 2.05) is 75.4 Å². The van der Waals surface area contributed by atoms with Gasteiger partial charge in [0, 0.05) is 188 Å². The molecule has 0 saturated heterocycles. The molecule has 5 radical (unpaired) electrons. The van der Waals surface area contributed by atoms with Crippen molar-refractivity contribution in [2.24, 2.45) is 17.2 Å². The monoisotopic (exact) mass is 2390 g/mol. The second-order valence-corrected chi connectivity index (χ2v) is 18.6. The van der Waals surface area contributed by atoms with E-state index in [4.69, 9.17) is 180 Å². The molecule has 3 rings (SSSR count). The maximum atomic E-state index is 8.89. The van der Waals surface area contributed by atoms with Crippen LogP contribution in [0.1, 0.15) is 160 Å². The molecule has 0 heterocycles. The zero-order valence-corrected chi connectivity index (χ0v) is 79.3. The fourth-order valence-corrected chi connectivity index (χ4v) is 4.76. The molecule has 3 aromatic carbocycles. The summed E-state index contributed by atoms with van der Waals surface area (Å²) in [5, 5.41) is 153. The summed E-state index contributed by atoms with van der Waals surface area (Å²) in [5.41, 5.74) is 19.7. The van der Waals surface area contributed by atoms with E-state index in [-0.39, 0.29) is 218 Å². The number of hydrogen-bond acceptors (Lipinski definition) is 42. The summed E-state index contributed by atoms with van der Waals surface area (Å²) < 4.78 is 17.0. The summed E-state index contributed by atoms with van der Waals surface area (Å²) >= 11 is 0. The molecular formula is C69H114Gd5N9O33. The van der Waals surface area contributed by atoms with Crippen molar-refractivity contribution in [3.63, 3.8) is 0 Å². The minimum absolute atomic E-state index is 0. The van der Waals surface area contributed by atoms with Crippen molar-refractivity contribution in [2.75, 3.05) is 98.4 Å². The van der Waals surface area contributed by atoms with Gasteiger partial charge in [-0.3, -0.25) is 16.0 Å². The first-order valence-electron chi connectivity index (χ1n) is 32.2. The molecule has 12 N–H and O–H groups in total. The molecule has 0 fully saturated rings. The van der Waals surface area contributed by atoms with Gasteiger partial charge in [0.1, 0.15) is 18.7 Å². The van der Waals surface area contributed by atoms with Crippen LogP contribution in [-0.2, 0) is 86.1 Å². The van der Waals surface area contributed by atoms with Gasteiger partial charge in [-0.05, 0) is 141 Å². The SMILES string of the molecule is CC(=O)[O-].CC(=O)[O-].CC(=O)[O-].CC(=O)[O-].CC(=O)[O-].CC(=O)[O-].CC(=O)[O-].CC(=O)[O-].CC(=O)[O-].CC(=O)[O-].CC(=O)[O-].CC(=O)[O-].CC(=O)[O-].CC(=O)[O-].CC(=O)[O-].CCOC(NCCNCCN)c1ccccc1.CCOC(NCCNCCN)c1ccccc1.CCOC(NCCNCCN)c1ccccc1.[Gd+3].[Gd+3].[Gd+3].[Gd+3].[Gd+3]. The van der Waals surface area contributed by atoms with Crippen LogP contribution in [0, 0.1) is 200 Å². The van der Waals surface area contributed by atoms with Crippen LogP contribution in [0.15, 0.2) is 91.0 Å². The van der Waals surface area contributed by atoms with Crippen LogP contribution in [0.4, 0.5) is 0 Å². The summed E-state index contributed by atoms with van der Waals surface area (Å²) in [5.74, 6) is -16.3. The minimum Gasteiger partial charge on any atom is -0.550 e. The zero-order chi connectivity index (χ0) is 90.7. The average molecular weight is 2380 g/mol.